The highest BCUT2D eigenvalue weighted by atomic mass is 16.5. The van der Waals surface area contributed by atoms with Gasteiger partial charge >= 0.3 is 5.97 Å². The Hall–Kier alpha value is -4.47. The Morgan fingerprint density at radius 1 is 0.875 bits per heavy atom. The Morgan fingerprint density at radius 2 is 1.57 bits per heavy atom. The Labute approximate surface area is 235 Å². The van der Waals surface area contributed by atoms with Crippen LogP contribution in [-0.2, 0) is 14.3 Å². The van der Waals surface area contributed by atoms with E-state index in [1.165, 1.54) is 7.11 Å². The van der Waals surface area contributed by atoms with Crippen LogP contribution >= 0.6 is 0 Å². The van der Waals surface area contributed by atoms with Crippen molar-refractivity contribution in [3.05, 3.63) is 89.5 Å². The molecule has 3 aromatic rings. The molecule has 1 heterocycles. The van der Waals surface area contributed by atoms with E-state index in [-0.39, 0.29) is 11.8 Å². The van der Waals surface area contributed by atoms with Crippen LogP contribution in [0.15, 0.2) is 72.8 Å². The summed E-state index contributed by atoms with van der Waals surface area (Å²) < 4.78 is 4.82. The van der Waals surface area contributed by atoms with Gasteiger partial charge in [-0.1, -0.05) is 36.4 Å². The number of nitrogens with one attached hydrogen (secondary N) is 2. The van der Waals surface area contributed by atoms with Crippen LogP contribution in [-0.4, -0.2) is 82.5 Å². The van der Waals surface area contributed by atoms with E-state index in [1.807, 2.05) is 80.6 Å². The van der Waals surface area contributed by atoms with Crippen LogP contribution in [0.2, 0.25) is 0 Å². The lowest BCUT2D eigenvalue weighted by Gasteiger charge is -2.23. The number of methoxy groups -OCH3 is 1. The van der Waals surface area contributed by atoms with Crippen molar-refractivity contribution >= 4 is 46.1 Å². The topological polar surface area (TPSA) is 94.2 Å². The normalized spacial score (nSPS) is 13.6. The number of anilines is 3. The molecule has 0 radical (unpaired) electrons. The number of likely N-dealkylation sites (N-methyl/N-ethyl adjacent to an activating group) is 3. The number of benzene rings is 3. The molecule has 0 atom stereocenters. The molecule has 0 saturated heterocycles. The summed E-state index contributed by atoms with van der Waals surface area (Å²) in [5.41, 5.74) is 5.03. The average Bonchev–Trinajstić information content (AvgIpc) is 3.29. The number of hydrogen-bond donors (Lipinski definition) is 2. The molecule has 0 aromatic heterocycles. The maximum Gasteiger partial charge on any atom is 0.337 e. The summed E-state index contributed by atoms with van der Waals surface area (Å²) in [6, 6.07) is 22.1. The third-order valence-corrected chi connectivity index (χ3v) is 6.73. The fraction of sp³-hybridized carbons (Fsp3) is 0.258. The second kappa shape index (κ2) is 12.6. The van der Waals surface area contributed by atoms with E-state index in [9.17, 15) is 14.4 Å². The van der Waals surface area contributed by atoms with Crippen LogP contribution < -0.4 is 15.5 Å². The maximum absolute atomic E-state index is 13.2. The van der Waals surface area contributed by atoms with Crippen LogP contribution in [0.5, 0.6) is 0 Å². The van der Waals surface area contributed by atoms with E-state index in [1.54, 1.807) is 30.1 Å². The highest BCUT2D eigenvalue weighted by Gasteiger charge is 2.29. The Kier molecular flexibility index (Phi) is 8.98. The van der Waals surface area contributed by atoms with Gasteiger partial charge in [-0.2, -0.15) is 0 Å². The number of carbonyl (C=O) groups is 3. The van der Waals surface area contributed by atoms with Gasteiger partial charge in [0.25, 0.3) is 5.91 Å². The third-order valence-electron chi connectivity index (χ3n) is 6.73. The van der Waals surface area contributed by atoms with Crippen LogP contribution in [0.4, 0.5) is 17.1 Å². The van der Waals surface area contributed by atoms with Gasteiger partial charge in [-0.05, 0) is 63.1 Å². The molecule has 1 aliphatic heterocycles. The molecule has 0 saturated carbocycles. The zero-order valence-electron chi connectivity index (χ0n) is 23.5. The predicted octanol–water partition coefficient (Wildman–Crippen LogP) is 3.86. The first kappa shape index (κ1) is 28.5. The zero-order chi connectivity index (χ0) is 28.8. The molecule has 0 bridgehead atoms. The van der Waals surface area contributed by atoms with E-state index < -0.39 is 5.97 Å². The third kappa shape index (κ3) is 6.56. The summed E-state index contributed by atoms with van der Waals surface area (Å²) >= 11 is 0. The number of fused-ring (bicyclic) bond motifs is 1. The van der Waals surface area contributed by atoms with Crippen molar-refractivity contribution in [2.75, 3.05) is 70.5 Å². The Morgan fingerprint density at radius 3 is 2.23 bits per heavy atom. The van der Waals surface area contributed by atoms with Gasteiger partial charge in [0, 0.05) is 37.1 Å². The van der Waals surface area contributed by atoms with E-state index >= 15 is 0 Å². The number of hydrogen-bond acceptors (Lipinski definition) is 7. The number of carbonyl (C=O) groups excluding carboxylic acids is 3. The van der Waals surface area contributed by atoms with Crippen molar-refractivity contribution in [2.24, 2.45) is 0 Å². The number of nitrogens with zero attached hydrogens (tertiary/aromatic N) is 3. The van der Waals surface area contributed by atoms with Crippen molar-refractivity contribution < 1.29 is 19.1 Å². The molecular weight excluding hydrogens is 506 g/mol. The molecule has 9 nitrogen and oxygen atoms in total. The van der Waals surface area contributed by atoms with Gasteiger partial charge in [-0.3, -0.25) is 14.5 Å². The molecule has 9 heteroatoms. The van der Waals surface area contributed by atoms with E-state index in [0.29, 0.717) is 34.6 Å². The van der Waals surface area contributed by atoms with Crippen molar-refractivity contribution in [1.82, 2.24) is 9.80 Å². The molecular formula is C31H35N5O4. The number of amides is 2. The van der Waals surface area contributed by atoms with Crippen LogP contribution in [0.3, 0.4) is 0 Å². The van der Waals surface area contributed by atoms with Gasteiger partial charge in [-0.15, -0.1) is 0 Å². The van der Waals surface area contributed by atoms with Crippen LogP contribution in [0, 0.1) is 0 Å². The SMILES string of the molecule is COC(=O)c1ccc2c(c1)NC(=O)C2=C(Nc1ccc(N(C)C(=O)CN(C)CCN(C)C)cc1)c1ccccc1. The summed E-state index contributed by atoms with van der Waals surface area (Å²) in [7, 11) is 9.05. The van der Waals surface area contributed by atoms with Gasteiger partial charge in [-0.25, -0.2) is 4.79 Å². The van der Waals surface area contributed by atoms with Crippen molar-refractivity contribution in [2.45, 2.75) is 0 Å². The minimum atomic E-state index is -0.473. The smallest absolute Gasteiger partial charge is 0.337 e. The summed E-state index contributed by atoms with van der Waals surface area (Å²) in [4.78, 5) is 43.8. The maximum atomic E-state index is 13.2. The molecule has 0 aliphatic carbocycles. The molecule has 2 N–H and O–H groups in total. The van der Waals surface area contributed by atoms with Crippen molar-refractivity contribution in [3.8, 4) is 0 Å². The Bertz CT molecular complexity index is 1420. The molecule has 2 amide bonds. The zero-order valence-corrected chi connectivity index (χ0v) is 23.5. The first-order chi connectivity index (χ1) is 19.2. The summed E-state index contributed by atoms with van der Waals surface area (Å²) in [6.07, 6.45) is 0. The molecule has 4 rings (SSSR count). The fourth-order valence-corrected chi connectivity index (χ4v) is 4.39. The molecule has 208 valence electrons. The standard InChI is InChI=1S/C31H35N5O4/c1-34(2)17-18-35(3)20-27(37)36(4)24-14-12-23(13-15-24)32-29(21-9-7-6-8-10-21)28-25-16-11-22(31(39)40-5)19-26(25)33-30(28)38/h6-16,19,32H,17-18,20H2,1-5H3,(H,33,38). The minimum absolute atomic E-state index is 0.000356. The van der Waals surface area contributed by atoms with Gasteiger partial charge in [0.2, 0.25) is 5.91 Å². The molecule has 0 unspecified atom stereocenters. The predicted molar refractivity (Wildman–Crippen MR) is 159 cm³/mol. The summed E-state index contributed by atoms with van der Waals surface area (Å²) in [5.74, 6) is -0.747. The second-order valence-electron chi connectivity index (χ2n) is 9.99. The van der Waals surface area contributed by atoms with Gasteiger partial charge in [0.05, 0.1) is 36.2 Å². The first-order valence-corrected chi connectivity index (χ1v) is 13.0. The van der Waals surface area contributed by atoms with Crippen molar-refractivity contribution in [1.29, 1.82) is 0 Å². The lowest BCUT2D eigenvalue weighted by molar-refractivity contribution is -0.119. The minimum Gasteiger partial charge on any atom is -0.465 e. The molecule has 40 heavy (non-hydrogen) atoms. The lowest BCUT2D eigenvalue weighted by atomic mass is 9.99. The van der Waals surface area contributed by atoms with Crippen LogP contribution in [0.25, 0.3) is 11.3 Å². The Balaban J connectivity index is 1.60. The number of ether oxygens (including phenoxy) is 1. The van der Waals surface area contributed by atoms with Gasteiger partial charge in [0.1, 0.15) is 0 Å². The number of esters is 1. The molecule has 0 fully saturated rings. The molecule has 3 aromatic carbocycles. The largest absolute Gasteiger partial charge is 0.465 e. The number of rotatable bonds is 10. The summed E-state index contributed by atoms with van der Waals surface area (Å²) in [5, 5.41) is 6.30. The first-order valence-electron chi connectivity index (χ1n) is 13.0. The highest BCUT2D eigenvalue weighted by Crippen LogP contribution is 2.38. The van der Waals surface area contributed by atoms with E-state index in [2.05, 4.69) is 15.5 Å². The van der Waals surface area contributed by atoms with E-state index in [0.717, 1.165) is 30.0 Å². The quantitative estimate of drug-likeness (QED) is 0.297. The molecule has 1 aliphatic rings. The lowest BCUT2D eigenvalue weighted by Crippen LogP contribution is -2.39. The monoisotopic (exact) mass is 541 g/mol. The average molecular weight is 542 g/mol. The van der Waals surface area contributed by atoms with Gasteiger partial charge in [0.15, 0.2) is 0 Å². The van der Waals surface area contributed by atoms with Crippen molar-refractivity contribution in [3.63, 3.8) is 0 Å². The fourth-order valence-electron chi connectivity index (χ4n) is 4.39. The second-order valence-corrected chi connectivity index (χ2v) is 9.99. The summed E-state index contributed by atoms with van der Waals surface area (Å²) in [6.45, 7) is 2.00. The van der Waals surface area contributed by atoms with Crippen LogP contribution in [0.1, 0.15) is 21.5 Å². The highest BCUT2D eigenvalue weighted by molar-refractivity contribution is 6.37. The van der Waals surface area contributed by atoms with Gasteiger partial charge < -0.3 is 25.2 Å². The van der Waals surface area contributed by atoms with E-state index in [4.69, 9.17) is 4.74 Å². The molecule has 0 spiro atoms.